The first-order valence-electron chi connectivity index (χ1n) is 7.18. The van der Waals surface area contributed by atoms with Crippen LogP contribution in [0.2, 0.25) is 0 Å². The predicted molar refractivity (Wildman–Crippen MR) is 88.9 cm³/mol. The molecule has 0 atom stereocenters. The summed E-state index contributed by atoms with van der Waals surface area (Å²) in [6.07, 6.45) is 0. The molecule has 0 unspecified atom stereocenters. The van der Waals surface area contributed by atoms with E-state index in [1.54, 1.807) is 9.25 Å². The number of nitrogens with zero attached hydrogens (tertiary/aromatic N) is 3. The second-order valence-electron chi connectivity index (χ2n) is 5.44. The van der Waals surface area contributed by atoms with Gasteiger partial charge in [0.1, 0.15) is 5.52 Å². The third-order valence-electron chi connectivity index (χ3n) is 4.13. The molecule has 2 heterocycles. The molecule has 0 aliphatic rings. The number of hydrogen-bond donors (Lipinski definition) is 0. The lowest BCUT2D eigenvalue weighted by Gasteiger charge is -2.06. The molecule has 0 fully saturated rings. The van der Waals surface area contributed by atoms with Gasteiger partial charge in [0.25, 0.3) is 5.56 Å². The zero-order valence-electron chi connectivity index (χ0n) is 12.4. The van der Waals surface area contributed by atoms with Crippen LogP contribution in [0.3, 0.4) is 0 Å². The summed E-state index contributed by atoms with van der Waals surface area (Å²) in [5, 5.41) is 6.30. The molecule has 0 aliphatic heterocycles. The van der Waals surface area contributed by atoms with Crippen LogP contribution >= 0.6 is 0 Å². The van der Waals surface area contributed by atoms with Crippen molar-refractivity contribution >= 4 is 21.8 Å². The summed E-state index contributed by atoms with van der Waals surface area (Å²) >= 11 is 0. The first kappa shape index (κ1) is 12.8. The molecule has 0 saturated heterocycles. The Hall–Kier alpha value is -2.88. The SMILES string of the molecule is Cn1nc2c(c1-c1ccccc1)c(=O)n(C)c1ccccc21. The van der Waals surface area contributed by atoms with Gasteiger partial charge in [-0.05, 0) is 6.07 Å². The molecule has 0 amide bonds. The van der Waals surface area contributed by atoms with Crippen LogP contribution in [0.4, 0.5) is 0 Å². The molecule has 108 valence electrons. The van der Waals surface area contributed by atoms with Gasteiger partial charge in [-0.3, -0.25) is 9.48 Å². The minimum atomic E-state index is -0.0133. The Balaban J connectivity index is 2.26. The van der Waals surface area contributed by atoms with Gasteiger partial charge < -0.3 is 4.57 Å². The van der Waals surface area contributed by atoms with Crippen molar-refractivity contribution in [1.29, 1.82) is 0 Å². The molecule has 0 bridgehead atoms. The predicted octanol–water partition coefficient (Wildman–Crippen LogP) is 3.09. The fourth-order valence-electron chi connectivity index (χ4n) is 3.09. The van der Waals surface area contributed by atoms with Crippen molar-refractivity contribution < 1.29 is 0 Å². The molecule has 4 nitrogen and oxygen atoms in total. The van der Waals surface area contributed by atoms with Gasteiger partial charge in [-0.2, -0.15) is 5.10 Å². The summed E-state index contributed by atoms with van der Waals surface area (Å²) in [6.45, 7) is 0. The molecular formula is C18H15N3O. The van der Waals surface area contributed by atoms with Gasteiger partial charge in [0.2, 0.25) is 0 Å². The van der Waals surface area contributed by atoms with Crippen LogP contribution in [0, 0.1) is 0 Å². The number of hydrogen-bond acceptors (Lipinski definition) is 2. The Labute approximate surface area is 127 Å². The zero-order valence-corrected chi connectivity index (χ0v) is 12.4. The number of aromatic nitrogens is 3. The first-order chi connectivity index (χ1) is 10.7. The summed E-state index contributed by atoms with van der Waals surface area (Å²) in [5.41, 5.74) is 3.51. The number of fused-ring (bicyclic) bond motifs is 3. The third kappa shape index (κ3) is 1.64. The first-order valence-corrected chi connectivity index (χ1v) is 7.18. The molecular weight excluding hydrogens is 274 g/mol. The molecule has 22 heavy (non-hydrogen) atoms. The van der Waals surface area contributed by atoms with E-state index in [1.807, 2.05) is 68.7 Å². The summed E-state index contributed by atoms with van der Waals surface area (Å²) in [7, 11) is 3.70. The van der Waals surface area contributed by atoms with Crippen molar-refractivity contribution in [3.63, 3.8) is 0 Å². The smallest absolute Gasteiger partial charge is 0.262 e. The van der Waals surface area contributed by atoms with Crippen molar-refractivity contribution in [1.82, 2.24) is 14.3 Å². The van der Waals surface area contributed by atoms with E-state index < -0.39 is 0 Å². The highest BCUT2D eigenvalue weighted by molar-refractivity contribution is 6.07. The second kappa shape index (κ2) is 4.56. The average molecular weight is 289 g/mol. The Morgan fingerprint density at radius 2 is 1.59 bits per heavy atom. The van der Waals surface area contributed by atoms with Gasteiger partial charge in [-0.15, -0.1) is 0 Å². The normalized spacial score (nSPS) is 11.4. The fourth-order valence-corrected chi connectivity index (χ4v) is 3.09. The highest BCUT2D eigenvalue weighted by atomic mass is 16.1. The maximum atomic E-state index is 12.9. The maximum absolute atomic E-state index is 12.9. The van der Waals surface area contributed by atoms with Crippen molar-refractivity contribution in [3.8, 4) is 11.3 Å². The van der Waals surface area contributed by atoms with E-state index in [-0.39, 0.29) is 5.56 Å². The van der Waals surface area contributed by atoms with Crippen LogP contribution in [0.25, 0.3) is 33.1 Å². The summed E-state index contributed by atoms with van der Waals surface area (Å²) in [4.78, 5) is 12.9. The molecule has 0 spiro atoms. The number of aryl methyl sites for hydroxylation is 2. The van der Waals surface area contributed by atoms with Gasteiger partial charge in [-0.25, -0.2) is 0 Å². The lowest BCUT2D eigenvalue weighted by Crippen LogP contribution is -2.17. The monoisotopic (exact) mass is 289 g/mol. The van der Waals surface area contributed by atoms with Gasteiger partial charge in [0.05, 0.1) is 16.6 Å². The lowest BCUT2D eigenvalue weighted by atomic mass is 10.1. The molecule has 0 saturated carbocycles. The van der Waals surface area contributed by atoms with Crippen LogP contribution in [-0.2, 0) is 14.1 Å². The minimum absolute atomic E-state index is 0.0133. The van der Waals surface area contributed by atoms with E-state index in [9.17, 15) is 4.79 Å². The van der Waals surface area contributed by atoms with Crippen molar-refractivity contribution in [3.05, 3.63) is 65.0 Å². The van der Waals surface area contributed by atoms with E-state index in [0.717, 1.165) is 27.7 Å². The molecule has 4 aromatic rings. The molecule has 0 N–H and O–H groups in total. The number of para-hydroxylation sites is 1. The van der Waals surface area contributed by atoms with Gasteiger partial charge in [0.15, 0.2) is 0 Å². The molecule has 4 rings (SSSR count). The van der Waals surface area contributed by atoms with Gasteiger partial charge in [0, 0.05) is 25.0 Å². The zero-order chi connectivity index (χ0) is 15.3. The summed E-state index contributed by atoms with van der Waals surface area (Å²) in [6, 6.07) is 17.8. The van der Waals surface area contributed by atoms with Crippen LogP contribution in [0.15, 0.2) is 59.4 Å². The minimum Gasteiger partial charge on any atom is -0.311 e. The van der Waals surface area contributed by atoms with E-state index in [1.165, 1.54) is 0 Å². The summed E-state index contributed by atoms with van der Waals surface area (Å²) in [5.74, 6) is 0. The largest absolute Gasteiger partial charge is 0.311 e. The van der Waals surface area contributed by atoms with Gasteiger partial charge >= 0.3 is 0 Å². The van der Waals surface area contributed by atoms with Crippen LogP contribution in [-0.4, -0.2) is 14.3 Å². The number of benzene rings is 2. The van der Waals surface area contributed by atoms with E-state index in [2.05, 4.69) is 5.10 Å². The Bertz CT molecular complexity index is 1060. The second-order valence-corrected chi connectivity index (χ2v) is 5.44. The van der Waals surface area contributed by atoms with E-state index >= 15 is 0 Å². The average Bonchev–Trinajstić information content (AvgIpc) is 2.91. The standard InChI is InChI=1S/C18H15N3O/c1-20-14-11-7-6-10-13(14)16-15(18(20)22)17(21(2)19-16)12-8-4-3-5-9-12/h3-11H,1-2H3. The molecule has 4 heteroatoms. The summed E-state index contributed by atoms with van der Waals surface area (Å²) < 4.78 is 3.50. The van der Waals surface area contributed by atoms with Crippen LogP contribution < -0.4 is 5.56 Å². The highest BCUT2D eigenvalue weighted by Gasteiger charge is 2.18. The molecule has 0 radical (unpaired) electrons. The molecule has 2 aromatic carbocycles. The fraction of sp³-hybridized carbons (Fsp3) is 0.111. The highest BCUT2D eigenvalue weighted by Crippen LogP contribution is 2.29. The Morgan fingerprint density at radius 3 is 2.36 bits per heavy atom. The van der Waals surface area contributed by atoms with Crippen LogP contribution in [0.1, 0.15) is 0 Å². The van der Waals surface area contributed by atoms with Crippen LogP contribution in [0.5, 0.6) is 0 Å². The van der Waals surface area contributed by atoms with E-state index in [0.29, 0.717) is 5.39 Å². The van der Waals surface area contributed by atoms with E-state index in [4.69, 9.17) is 0 Å². The lowest BCUT2D eigenvalue weighted by molar-refractivity contribution is 0.789. The maximum Gasteiger partial charge on any atom is 0.262 e. The molecule has 2 aromatic heterocycles. The third-order valence-corrected chi connectivity index (χ3v) is 4.13. The number of rotatable bonds is 1. The quantitative estimate of drug-likeness (QED) is 0.540. The Morgan fingerprint density at radius 1 is 0.909 bits per heavy atom. The number of pyridine rings is 1. The topological polar surface area (TPSA) is 39.8 Å². The Kier molecular flexibility index (Phi) is 2.66. The van der Waals surface area contributed by atoms with Crippen molar-refractivity contribution in [2.75, 3.05) is 0 Å². The molecule has 0 aliphatic carbocycles. The van der Waals surface area contributed by atoms with Crippen molar-refractivity contribution in [2.24, 2.45) is 14.1 Å². The van der Waals surface area contributed by atoms with Crippen molar-refractivity contribution in [2.45, 2.75) is 0 Å². The van der Waals surface area contributed by atoms with Gasteiger partial charge in [-0.1, -0.05) is 48.5 Å².